The van der Waals surface area contributed by atoms with Crippen molar-refractivity contribution in [3.63, 3.8) is 0 Å². The molecule has 2 heterocycles. The Morgan fingerprint density at radius 1 is 1.16 bits per heavy atom. The fourth-order valence-electron chi connectivity index (χ4n) is 4.82. The quantitative estimate of drug-likeness (QED) is 0.684. The number of hydrogen-bond donors (Lipinski definition) is 2. The third kappa shape index (κ3) is 4.89. The van der Waals surface area contributed by atoms with Crippen LogP contribution in [0.15, 0.2) is 30.3 Å². The Bertz CT molecular complexity index is 746. The van der Waals surface area contributed by atoms with Crippen LogP contribution in [0.1, 0.15) is 54.0 Å². The number of carbonyl (C=O) groups is 1. The van der Waals surface area contributed by atoms with E-state index in [1.54, 1.807) is 0 Å². The number of aliphatic hydroxyl groups excluding tert-OH is 1. The van der Waals surface area contributed by atoms with Gasteiger partial charge in [0.1, 0.15) is 24.4 Å². The summed E-state index contributed by atoms with van der Waals surface area (Å²) >= 11 is 0. The van der Waals surface area contributed by atoms with Gasteiger partial charge in [-0.15, -0.1) is 0 Å². The third-order valence-corrected chi connectivity index (χ3v) is 11.2. The maximum absolute atomic E-state index is 11.9. The molecule has 0 bridgehead atoms. The van der Waals surface area contributed by atoms with E-state index < -0.39 is 39.2 Å². The van der Waals surface area contributed by atoms with Gasteiger partial charge in [-0.25, -0.2) is 0 Å². The summed E-state index contributed by atoms with van der Waals surface area (Å²) in [4.78, 5) is 11.9. The molecule has 0 spiro atoms. The predicted molar refractivity (Wildman–Crippen MR) is 120 cm³/mol. The van der Waals surface area contributed by atoms with Crippen LogP contribution < -0.4 is 5.32 Å². The van der Waals surface area contributed by atoms with Crippen LogP contribution in [-0.4, -0.2) is 56.8 Å². The van der Waals surface area contributed by atoms with Crippen molar-refractivity contribution < 1.29 is 28.2 Å². The molecule has 3 rings (SSSR count). The number of nitrogens with one attached hydrogen (secondary N) is 1. The molecule has 2 saturated heterocycles. The van der Waals surface area contributed by atoms with Crippen LogP contribution >= 0.6 is 0 Å². The second-order valence-electron chi connectivity index (χ2n) is 10.6. The molecule has 0 unspecified atom stereocenters. The highest BCUT2D eigenvalue weighted by Gasteiger charge is 2.64. The number of carbonyl (C=O) groups excluding carboxylic acids is 1. The summed E-state index contributed by atoms with van der Waals surface area (Å²) in [6.45, 7) is 14.8. The van der Waals surface area contributed by atoms with Gasteiger partial charge in [0.15, 0.2) is 6.29 Å². The predicted octanol–water partition coefficient (Wildman–Crippen LogP) is 3.25. The number of rotatable bonds is 4. The fourth-order valence-corrected chi connectivity index (χ4v) is 9.78. The number of ether oxygens (including phenoxy) is 2. The summed E-state index contributed by atoms with van der Waals surface area (Å²) in [7, 11) is -2.79. The summed E-state index contributed by atoms with van der Waals surface area (Å²) in [6.07, 6.45) is -2.88. The summed E-state index contributed by atoms with van der Waals surface area (Å²) in [5.41, 5.74) is 0.979. The van der Waals surface area contributed by atoms with Crippen LogP contribution in [0.2, 0.25) is 10.1 Å². The zero-order valence-corrected chi connectivity index (χ0v) is 20.7. The van der Waals surface area contributed by atoms with Gasteiger partial charge in [-0.05, 0) is 5.56 Å². The summed E-state index contributed by atoms with van der Waals surface area (Å²) in [6, 6.07) is 8.97. The molecule has 0 aromatic heterocycles. The van der Waals surface area contributed by atoms with Gasteiger partial charge in [0.2, 0.25) is 5.91 Å². The van der Waals surface area contributed by atoms with Crippen molar-refractivity contribution in [3.05, 3.63) is 35.9 Å². The van der Waals surface area contributed by atoms with E-state index in [0.29, 0.717) is 13.2 Å². The van der Waals surface area contributed by atoms with Crippen LogP contribution in [-0.2, 0) is 29.7 Å². The Morgan fingerprint density at radius 2 is 1.77 bits per heavy atom. The highest BCUT2D eigenvalue weighted by Crippen LogP contribution is 2.55. The molecule has 0 saturated carbocycles. The number of benzene rings is 1. The average Bonchev–Trinajstić information content (AvgIpc) is 2.67. The molecule has 5 atom stereocenters. The highest BCUT2D eigenvalue weighted by atomic mass is 28.4. The van der Waals surface area contributed by atoms with E-state index in [2.05, 4.69) is 46.9 Å². The second-order valence-corrected chi connectivity index (χ2v) is 15.3. The first-order valence-electron chi connectivity index (χ1n) is 10.9. The third-order valence-electron chi connectivity index (χ3n) is 6.03. The minimum Gasteiger partial charge on any atom is -0.391 e. The van der Waals surface area contributed by atoms with Gasteiger partial charge in [0, 0.05) is 17.0 Å². The van der Waals surface area contributed by atoms with Gasteiger partial charge in [0.25, 0.3) is 0 Å². The lowest BCUT2D eigenvalue weighted by atomic mass is 9.97. The molecule has 7 nitrogen and oxygen atoms in total. The van der Waals surface area contributed by atoms with Crippen molar-refractivity contribution in [2.24, 2.45) is 0 Å². The monoisotopic (exact) mass is 451 g/mol. The van der Waals surface area contributed by atoms with Crippen LogP contribution in [0.4, 0.5) is 0 Å². The van der Waals surface area contributed by atoms with E-state index in [-0.39, 0.29) is 16.0 Å². The highest BCUT2D eigenvalue weighted by molar-refractivity contribution is 6.73. The Balaban J connectivity index is 1.84. The minimum atomic E-state index is -2.79. The average molecular weight is 452 g/mol. The molecular weight excluding hydrogens is 414 g/mol. The molecule has 31 heavy (non-hydrogen) atoms. The molecule has 2 aliphatic heterocycles. The van der Waals surface area contributed by atoms with E-state index in [0.717, 1.165) is 5.56 Å². The van der Waals surface area contributed by atoms with Crippen LogP contribution in [0.3, 0.4) is 0 Å². The summed E-state index contributed by atoms with van der Waals surface area (Å²) in [5.74, 6) is -0.262. The molecule has 1 amide bonds. The Kier molecular flexibility index (Phi) is 7.01. The molecule has 2 N–H and O–H groups in total. The largest absolute Gasteiger partial charge is 0.391 e. The lowest BCUT2D eigenvalue weighted by molar-refractivity contribution is -0.283. The van der Waals surface area contributed by atoms with Crippen molar-refractivity contribution in [2.45, 2.75) is 95.8 Å². The minimum absolute atomic E-state index is 0.222. The van der Waals surface area contributed by atoms with Crippen LogP contribution in [0.5, 0.6) is 0 Å². The van der Waals surface area contributed by atoms with Gasteiger partial charge in [0.05, 0.1) is 13.2 Å². The van der Waals surface area contributed by atoms with Crippen LogP contribution in [0.25, 0.3) is 0 Å². The van der Waals surface area contributed by atoms with Crippen molar-refractivity contribution in [1.29, 1.82) is 0 Å². The molecule has 8 heteroatoms. The van der Waals surface area contributed by atoms with Gasteiger partial charge in [-0.1, -0.05) is 71.9 Å². The first kappa shape index (κ1) is 24.4. The van der Waals surface area contributed by atoms with E-state index in [4.69, 9.17) is 18.3 Å². The Labute approximate surface area is 186 Å². The van der Waals surface area contributed by atoms with E-state index in [9.17, 15) is 9.90 Å². The maximum Gasteiger partial charge on any atom is 0.349 e. The number of fused-ring (bicyclic) bond motifs is 1. The molecule has 2 fully saturated rings. The number of amides is 1. The van der Waals surface area contributed by atoms with Crippen molar-refractivity contribution in [1.82, 2.24) is 5.32 Å². The number of hydrogen-bond acceptors (Lipinski definition) is 6. The Morgan fingerprint density at radius 3 is 2.32 bits per heavy atom. The molecule has 174 valence electrons. The molecular formula is C23H37NO6Si. The summed E-state index contributed by atoms with van der Waals surface area (Å²) in [5, 5.41) is 13.7. The van der Waals surface area contributed by atoms with Crippen molar-refractivity contribution >= 4 is 14.5 Å². The zero-order valence-electron chi connectivity index (χ0n) is 19.7. The first-order chi connectivity index (χ1) is 14.4. The lowest BCUT2D eigenvalue weighted by Gasteiger charge is -2.57. The first-order valence-corrected chi connectivity index (χ1v) is 12.8. The van der Waals surface area contributed by atoms with Crippen LogP contribution in [0, 0.1) is 0 Å². The van der Waals surface area contributed by atoms with E-state index in [1.807, 2.05) is 30.3 Å². The molecule has 0 radical (unpaired) electrons. The second kappa shape index (κ2) is 8.92. The lowest BCUT2D eigenvalue weighted by Crippen LogP contribution is -2.73. The SMILES string of the molecule is CC(=O)N[C@H]1[C@@H](OCc2ccccc2)O[C@@H]2CO[Si](C(C)(C)C)(C(C)(C)C)O[C@H]2[C@@H]1O. The van der Waals surface area contributed by atoms with Gasteiger partial charge >= 0.3 is 8.56 Å². The standard InChI is InChI=1S/C23H37NO6Si/c1-15(25)24-18-19(26)20-17(29-21(18)27-13-16-11-9-8-10-12-16)14-28-31(30-20,22(2,3)4)23(5,6)7/h8-12,17-21,26H,13-14H2,1-7H3,(H,24,25)/t17-,18-,19-,20-,21+/m1/s1. The normalized spacial score (nSPS) is 31.0. The van der Waals surface area contributed by atoms with Crippen molar-refractivity contribution in [3.8, 4) is 0 Å². The zero-order chi connectivity index (χ0) is 23.0. The molecule has 2 aliphatic rings. The van der Waals surface area contributed by atoms with Gasteiger partial charge in [-0.2, -0.15) is 0 Å². The Hall–Kier alpha value is -1.29. The smallest absolute Gasteiger partial charge is 0.349 e. The van der Waals surface area contributed by atoms with Crippen molar-refractivity contribution in [2.75, 3.05) is 6.61 Å². The van der Waals surface area contributed by atoms with E-state index >= 15 is 0 Å². The fraction of sp³-hybridized carbons (Fsp3) is 0.696. The van der Waals surface area contributed by atoms with Gasteiger partial charge in [-0.3, -0.25) is 4.79 Å². The maximum atomic E-state index is 11.9. The molecule has 1 aromatic carbocycles. The topological polar surface area (TPSA) is 86.3 Å². The molecule has 1 aromatic rings. The molecule has 0 aliphatic carbocycles. The number of aliphatic hydroxyl groups is 1. The van der Waals surface area contributed by atoms with E-state index in [1.165, 1.54) is 6.92 Å². The summed E-state index contributed by atoms with van der Waals surface area (Å²) < 4.78 is 25.3. The van der Waals surface area contributed by atoms with Gasteiger partial charge < -0.3 is 28.7 Å².